The average Bonchev–Trinajstić information content (AvgIpc) is 2.03. The maximum absolute atomic E-state index is 10.2. The zero-order valence-electron chi connectivity index (χ0n) is 7.09. The number of aliphatic hydroxyl groups is 2. The van der Waals surface area contributed by atoms with Gasteiger partial charge in [-0.2, -0.15) is 0 Å². The number of nitrogens with two attached hydrogens (primary N) is 1. The molecule has 7 heteroatoms. The zero-order valence-corrected chi connectivity index (χ0v) is 7.90. The molecule has 3 atom stereocenters. The minimum absolute atomic E-state index is 0.134. The predicted octanol–water partition coefficient (Wildman–Crippen LogP) is -1.74. The molecule has 13 heavy (non-hydrogen) atoms. The number of hydrogen-bond acceptors (Lipinski definition) is 6. The van der Waals surface area contributed by atoms with Gasteiger partial charge in [0.1, 0.15) is 0 Å². The maximum Gasteiger partial charge on any atom is 0.0910 e. The minimum atomic E-state index is -2.64. The van der Waals surface area contributed by atoms with Gasteiger partial charge in [-0.15, -0.1) is 0 Å². The van der Waals surface area contributed by atoms with Crippen molar-refractivity contribution in [2.24, 2.45) is 5.73 Å². The van der Waals surface area contributed by atoms with Gasteiger partial charge < -0.3 is 20.5 Å². The highest BCUT2D eigenvalue weighted by Gasteiger charge is 2.18. The van der Waals surface area contributed by atoms with Crippen molar-refractivity contribution in [2.75, 3.05) is 13.2 Å². The van der Waals surface area contributed by atoms with Gasteiger partial charge in [-0.1, -0.05) is 0 Å². The van der Waals surface area contributed by atoms with Crippen molar-refractivity contribution in [3.05, 3.63) is 0 Å². The van der Waals surface area contributed by atoms with Crippen LogP contribution in [0.2, 0.25) is 0 Å². The van der Waals surface area contributed by atoms with Crippen LogP contribution in [0.1, 0.15) is 12.8 Å². The summed E-state index contributed by atoms with van der Waals surface area (Å²) in [6.07, 6.45) is -0.396. The first-order valence-corrected chi connectivity index (χ1v) is 4.85. The van der Waals surface area contributed by atoms with Gasteiger partial charge >= 0.3 is 0 Å². The van der Waals surface area contributed by atoms with Crippen LogP contribution >= 0.6 is 0 Å². The van der Waals surface area contributed by atoms with Gasteiger partial charge in [0.2, 0.25) is 0 Å². The molecule has 0 aliphatic rings. The molecule has 0 aromatic rings. The second kappa shape index (κ2) is 7.36. The molecule has 0 radical (unpaired) electrons. The number of rotatable bonds is 7. The Kier molecular flexibility index (Phi) is 7.33. The summed E-state index contributed by atoms with van der Waals surface area (Å²) in [7, 11) is 0. The molecule has 0 fully saturated rings. The van der Waals surface area contributed by atoms with Gasteiger partial charge in [-0.3, -0.25) is 4.18 Å². The van der Waals surface area contributed by atoms with E-state index in [-0.39, 0.29) is 26.1 Å². The van der Waals surface area contributed by atoms with E-state index in [1.165, 1.54) is 0 Å². The first-order chi connectivity index (χ1) is 6.11. The van der Waals surface area contributed by atoms with Gasteiger partial charge in [0.15, 0.2) is 0 Å². The van der Waals surface area contributed by atoms with Crippen LogP contribution in [0.25, 0.3) is 0 Å². The SMILES string of the molecule is NC(CCO)C(CCO)OS(=O)[O-]. The zero-order chi connectivity index (χ0) is 10.3. The smallest absolute Gasteiger partial charge is 0.0910 e. The molecule has 0 aliphatic carbocycles. The summed E-state index contributed by atoms with van der Waals surface area (Å²) in [6.45, 7) is -0.348. The van der Waals surface area contributed by atoms with Crippen molar-refractivity contribution in [3.63, 3.8) is 0 Å². The van der Waals surface area contributed by atoms with Crippen molar-refractivity contribution in [1.82, 2.24) is 0 Å². The molecule has 0 amide bonds. The van der Waals surface area contributed by atoms with E-state index in [1.54, 1.807) is 0 Å². The molecular formula is C6H14NO5S-. The van der Waals surface area contributed by atoms with Crippen LogP contribution in [0.4, 0.5) is 0 Å². The molecule has 4 N–H and O–H groups in total. The Morgan fingerprint density at radius 2 is 1.92 bits per heavy atom. The van der Waals surface area contributed by atoms with E-state index in [2.05, 4.69) is 4.18 Å². The van der Waals surface area contributed by atoms with E-state index < -0.39 is 23.5 Å². The topological polar surface area (TPSA) is 116 Å². The molecule has 0 spiro atoms. The molecule has 0 saturated carbocycles. The molecule has 0 bridgehead atoms. The van der Waals surface area contributed by atoms with Crippen LogP contribution in [-0.2, 0) is 15.5 Å². The van der Waals surface area contributed by atoms with Gasteiger partial charge in [0.05, 0.1) is 17.5 Å². The van der Waals surface area contributed by atoms with Crippen molar-refractivity contribution >= 4 is 11.4 Å². The first kappa shape index (κ1) is 12.9. The lowest BCUT2D eigenvalue weighted by molar-refractivity contribution is 0.120. The summed E-state index contributed by atoms with van der Waals surface area (Å²) in [5.41, 5.74) is 5.49. The van der Waals surface area contributed by atoms with Crippen molar-refractivity contribution < 1.29 is 23.2 Å². The van der Waals surface area contributed by atoms with Crippen molar-refractivity contribution in [2.45, 2.75) is 25.0 Å². The molecule has 0 rings (SSSR count). The van der Waals surface area contributed by atoms with E-state index in [0.717, 1.165) is 0 Å². The lowest BCUT2D eigenvalue weighted by Crippen LogP contribution is -2.38. The molecule has 6 nitrogen and oxygen atoms in total. The Hall–Kier alpha value is -0.0500. The van der Waals surface area contributed by atoms with E-state index in [0.29, 0.717) is 0 Å². The normalized spacial score (nSPS) is 18.2. The summed E-state index contributed by atoms with van der Waals surface area (Å²) < 4.78 is 24.8. The highest BCUT2D eigenvalue weighted by molar-refractivity contribution is 7.74. The predicted molar refractivity (Wildman–Crippen MR) is 45.2 cm³/mol. The fourth-order valence-corrected chi connectivity index (χ4v) is 1.34. The summed E-state index contributed by atoms with van der Waals surface area (Å²) in [4.78, 5) is 0. The van der Waals surface area contributed by atoms with E-state index in [1.807, 2.05) is 0 Å². The monoisotopic (exact) mass is 212 g/mol. The van der Waals surface area contributed by atoms with Gasteiger partial charge in [-0.05, 0) is 12.8 Å². The lowest BCUT2D eigenvalue weighted by Gasteiger charge is -2.23. The maximum atomic E-state index is 10.2. The quantitative estimate of drug-likeness (QED) is 0.431. The molecule has 0 aromatic carbocycles. The Balaban J connectivity index is 3.97. The molecule has 0 saturated heterocycles. The van der Waals surface area contributed by atoms with Crippen LogP contribution in [-0.4, -0.2) is 44.3 Å². The third kappa shape index (κ3) is 6.08. The van der Waals surface area contributed by atoms with Crippen molar-refractivity contribution in [3.8, 4) is 0 Å². The molecule has 3 unspecified atom stereocenters. The average molecular weight is 212 g/mol. The summed E-state index contributed by atoms with van der Waals surface area (Å²) >= 11 is -2.64. The highest BCUT2D eigenvalue weighted by Crippen LogP contribution is 2.06. The number of aliphatic hydroxyl groups excluding tert-OH is 2. The third-order valence-corrected chi connectivity index (χ3v) is 1.96. The standard InChI is InChI=1S/C6H15NO5S/c7-5(1-3-8)6(2-4-9)12-13(10)11/h5-6,8-9H,1-4,7H2,(H,10,11)/p-1. The van der Waals surface area contributed by atoms with E-state index in [9.17, 15) is 8.76 Å². The molecule has 0 aliphatic heterocycles. The fourth-order valence-electron chi connectivity index (χ4n) is 0.897. The first-order valence-electron chi connectivity index (χ1n) is 3.85. The van der Waals surface area contributed by atoms with Crippen LogP contribution in [0.5, 0.6) is 0 Å². The molecular weight excluding hydrogens is 198 g/mol. The summed E-state index contributed by atoms with van der Waals surface area (Å²) in [5, 5.41) is 17.1. The Labute approximate surface area is 79.2 Å². The van der Waals surface area contributed by atoms with Gasteiger partial charge in [0, 0.05) is 19.3 Å². The lowest BCUT2D eigenvalue weighted by atomic mass is 10.1. The fraction of sp³-hybridized carbons (Fsp3) is 1.00. The van der Waals surface area contributed by atoms with Crippen LogP contribution < -0.4 is 5.73 Å². The van der Waals surface area contributed by atoms with Crippen LogP contribution in [0, 0.1) is 0 Å². The van der Waals surface area contributed by atoms with Gasteiger partial charge in [-0.25, -0.2) is 4.21 Å². The molecule has 0 heterocycles. The summed E-state index contributed by atoms with van der Waals surface area (Å²) in [6, 6.07) is -0.588. The number of hydrogen-bond donors (Lipinski definition) is 3. The highest BCUT2D eigenvalue weighted by atomic mass is 32.2. The minimum Gasteiger partial charge on any atom is -0.750 e. The van der Waals surface area contributed by atoms with Crippen LogP contribution in [0.15, 0.2) is 0 Å². The van der Waals surface area contributed by atoms with Gasteiger partial charge in [0.25, 0.3) is 0 Å². The Bertz CT molecular complexity index is 156. The molecule has 0 aromatic heterocycles. The van der Waals surface area contributed by atoms with Crippen molar-refractivity contribution in [1.29, 1.82) is 0 Å². The Morgan fingerprint density at radius 3 is 2.31 bits per heavy atom. The second-order valence-electron chi connectivity index (χ2n) is 2.53. The third-order valence-electron chi connectivity index (χ3n) is 1.56. The molecule has 80 valence electrons. The van der Waals surface area contributed by atoms with E-state index in [4.69, 9.17) is 15.9 Å². The second-order valence-corrected chi connectivity index (χ2v) is 3.13. The summed E-state index contributed by atoms with van der Waals surface area (Å²) in [5.74, 6) is 0. The van der Waals surface area contributed by atoms with Crippen LogP contribution in [0.3, 0.4) is 0 Å². The largest absolute Gasteiger partial charge is 0.750 e. The Morgan fingerprint density at radius 1 is 1.38 bits per heavy atom. The van der Waals surface area contributed by atoms with E-state index >= 15 is 0 Å².